The van der Waals surface area contributed by atoms with Gasteiger partial charge in [0, 0.05) is 25.7 Å². The van der Waals surface area contributed by atoms with Crippen LogP contribution in [0.15, 0.2) is 0 Å². The predicted molar refractivity (Wildman–Crippen MR) is 73.2 cm³/mol. The summed E-state index contributed by atoms with van der Waals surface area (Å²) in [5, 5.41) is 0. The molecule has 18 heavy (non-hydrogen) atoms. The van der Waals surface area contributed by atoms with Crippen molar-refractivity contribution in [2.75, 3.05) is 32.7 Å². The van der Waals surface area contributed by atoms with E-state index in [1.807, 2.05) is 4.90 Å². The Morgan fingerprint density at radius 2 is 1.94 bits per heavy atom. The zero-order chi connectivity index (χ0) is 13.0. The zero-order valence-electron chi connectivity index (χ0n) is 11.6. The van der Waals surface area contributed by atoms with Crippen LogP contribution in [-0.4, -0.2) is 54.5 Å². The molecule has 2 aliphatic rings. The van der Waals surface area contributed by atoms with Gasteiger partial charge in [0.05, 0.1) is 6.54 Å². The molecule has 1 amide bonds. The lowest BCUT2D eigenvalue weighted by Crippen LogP contribution is -2.52. The first-order valence-corrected chi connectivity index (χ1v) is 7.48. The Kier molecular flexibility index (Phi) is 5.01. The number of carbonyl (C=O) groups excluding carboxylic acids is 1. The van der Waals surface area contributed by atoms with Crippen molar-refractivity contribution in [3.05, 3.63) is 0 Å². The molecule has 0 bridgehead atoms. The van der Waals surface area contributed by atoms with Gasteiger partial charge >= 0.3 is 0 Å². The zero-order valence-corrected chi connectivity index (χ0v) is 11.6. The minimum atomic E-state index is 0.308. The van der Waals surface area contributed by atoms with Crippen molar-refractivity contribution >= 4 is 5.91 Å². The number of hydrogen-bond acceptors (Lipinski definition) is 3. The Morgan fingerprint density at radius 1 is 1.22 bits per heavy atom. The average molecular weight is 253 g/mol. The van der Waals surface area contributed by atoms with Crippen LogP contribution in [0.4, 0.5) is 0 Å². The van der Waals surface area contributed by atoms with Crippen LogP contribution in [0.3, 0.4) is 0 Å². The van der Waals surface area contributed by atoms with E-state index in [-0.39, 0.29) is 0 Å². The van der Waals surface area contributed by atoms with Gasteiger partial charge in [0.2, 0.25) is 5.91 Å². The summed E-state index contributed by atoms with van der Waals surface area (Å²) in [6.07, 6.45) is 6.00. The molecule has 0 aliphatic carbocycles. The largest absolute Gasteiger partial charge is 0.342 e. The van der Waals surface area contributed by atoms with Gasteiger partial charge in [-0.15, -0.1) is 0 Å². The van der Waals surface area contributed by atoms with Crippen LogP contribution in [-0.2, 0) is 4.79 Å². The lowest BCUT2D eigenvalue weighted by atomic mass is 9.87. The van der Waals surface area contributed by atoms with Crippen molar-refractivity contribution in [3.63, 3.8) is 0 Å². The molecular weight excluding hydrogens is 226 g/mol. The second kappa shape index (κ2) is 6.53. The van der Waals surface area contributed by atoms with Crippen LogP contribution in [0.5, 0.6) is 0 Å². The second-order valence-electron chi connectivity index (χ2n) is 5.67. The van der Waals surface area contributed by atoms with Crippen LogP contribution >= 0.6 is 0 Å². The molecule has 0 saturated carbocycles. The second-order valence-corrected chi connectivity index (χ2v) is 5.67. The summed E-state index contributed by atoms with van der Waals surface area (Å²) < 4.78 is 0. The van der Waals surface area contributed by atoms with Gasteiger partial charge in [-0.25, -0.2) is 0 Å². The van der Waals surface area contributed by atoms with E-state index in [1.54, 1.807) is 0 Å². The molecule has 0 aromatic heterocycles. The van der Waals surface area contributed by atoms with Crippen LogP contribution in [0.1, 0.15) is 39.0 Å². The quantitative estimate of drug-likeness (QED) is 0.815. The van der Waals surface area contributed by atoms with Crippen LogP contribution in [0.2, 0.25) is 0 Å². The SMILES string of the molecule is CCC1CCCN(CC(=O)N2CCCC2)C1CN. The Balaban J connectivity index is 1.91. The molecule has 0 spiro atoms. The smallest absolute Gasteiger partial charge is 0.236 e. The van der Waals surface area contributed by atoms with E-state index in [9.17, 15) is 4.79 Å². The standard InChI is InChI=1S/C14H27N3O/c1-2-12-6-5-9-17(13(12)10-15)11-14(18)16-7-3-4-8-16/h12-13H,2-11,15H2,1H3. The fraction of sp³-hybridized carbons (Fsp3) is 0.929. The van der Waals surface area contributed by atoms with Crippen LogP contribution in [0, 0.1) is 5.92 Å². The van der Waals surface area contributed by atoms with Gasteiger partial charge in [-0.05, 0) is 38.1 Å². The molecule has 4 heteroatoms. The normalized spacial score (nSPS) is 29.8. The van der Waals surface area contributed by atoms with E-state index >= 15 is 0 Å². The fourth-order valence-electron chi connectivity index (χ4n) is 3.47. The molecule has 2 saturated heterocycles. The molecule has 2 fully saturated rings. The molecule has 4 nitrogen and oxygen atoms in total. The Morgan fingerprint density at radius 3 is 2.56 bits per heavy atom. The summed E-state index contributed by atoms with van der Waals surface area (Å²) in [4.78, 5) is 16.6. The summed E-state index contributed by atoms with van der Waals surface area (Å²) in [5.74, 6) is 0.984. The number of amides is 1. The molecule has 2 heterocycles. The maximum Gasteiger partial charge on any atom is 0.236 e. The number of rotatable bonds is 4. The summed E-state index contributed by atoms with van der Waals surface area (Å²) in [7, 11) is 0. The number of likely N-dealkylation sites (tertiary alicyclic amines) is 2. The monoisotopic (exact) mass is 253 g/mol. The van der Waals surface area contributed by atoms with Gasteiger partial charge in [0.25, 0.3) is 0 Å². The number of nitrogens with zero attached hydrogens (tertiary/aromatic N) is 2. The number of piperidine rings is 1. The maximum atomic E-state index is 12.2. The molecule has 2 N–H and O–H groups in total. The maximum absolute atomic E-state index is 12.2. The predicted octanol–water partition coefficient (Wildman–Crippen LogP) is 1.06. The van der Waals surface area contributed by atoms with Crippen molar-refractivity contribution in [2.24, 2.45) is 11.7 Å². The van der Waals surface area contributed by atoms with Gasteiger partial charge in [0.15, 0.2) is 0 Å². The van der Waals surface area contributed by atoms with E-state index in [4.69, 9.17) is 5.73 Å². The van der Waals surface area contributed by atoms with Gasteiger partial charge < -0.3 is 10.6 Å². The van der Waals surface area contributed by atoms with E-state index < -0.39 is 0 Å². The van der Waals surface area contributed by atoms with Crippen molar-refractivity contribution in [1.82, 2.24) is 9.80 Å². The third-order valence-corrected chi connectivity index (χ3v) is 4.60. The topological polar surface area (TPSA) is 49.6 Å². The molecule has 2 aliphatic heterocycles. The summed E-state index contributed by atoms with van der Waals surface area (Å²) >= 11 is 0. The first-order valence-electron chi connectivity index (χ1n) is 7.48. The number of hydrogen-bond donors (Lipinski definition) is 1. The van der Waals surface area contributed by atoms with Gasteiger partial charge in [-0.3, -0.25) is 9.69 Å². The minimum absolute atomic E-state index is 0.308. The molecule has 2 atom stereocenters. The fourth-order valence-corrected chi connectivity index (χ4v) is 3.47. The van der Waals surface area contributed by atoms with Gasteiger partial charge in [-0.2, -0.15) is 0 Å². The van der Waals surface area contributed by atoms with Crippen LogP contribution < -0.4 is 5.73 Å². The van der Waals surface area contributed by atoms with Crippen molar-refractivity contribution < 1.29 is 4.79 Å². The van der Waals surface area contributed by atoms with Crippen molar-refractivity contribution in [1.29, 1.82) is 0 Å². The highest BCUT2D eigenvalue weighted by Gasteiger charge is 2.31. The highest BCUT2D eigenvalue weighted by Crippen LogP contribution is 2.25. The highest BCUT2D eigenvalue weighted by atomic mass is 16.2. The van der Waals surface area contributed by atoms with Gasteiger partial charge in [-0.1, -0.05) is 13.3 Å². The molecule has 0 radical (unpaired) electrons. The van der Waals surface area contributed by atoms with Crippen molar-refractivity contribution in [3.8, 4) is 0 Å². The third kappa shape index (κ3) is 3.04. The molecular formula is C14H27N3O. The number of carbonyl (C=O) groups is 1. The Hall–Kier alpha value is -0.610. The molecule has 0 aromatic carbocycles. The molecule has 2 unspecified atom stereocenters. The molecule has 2 rings (SSSR count). The third-order valence-electron chi connectivity index (χ3n) is 4.60. The summed E-state index contributed by atoms with van der Waals surface area (Å²) in [5.41, 5.74) is 5.92. The van der Waals surface area contributed by atoms with E-state index in [0.717, 1.165) is 19.6 Å². The summed E-state index contributed by atoms with van der Waals surface area (Å²) in [6, 6.07) is 0.412. The summed E-state index contributed by atoms with van der Waals surface area (Å²) in [6.45, 7) is 6.45. The Bertz CT molecular complexity index is 276. The Labute approximate surface area is 110 Å². The average Bonchev–Trinajstić information content (AvgIpc) is 2.92. The van der Waals surface area contributed by atoms with Gasteiger partial charge in [0.1, 0.15) is 0 Å². The van der Waals surface area contributed by atoms with E-state index in [0.29, 0.717) is 31.0 Å². The van der Waals surface area contributed by atoms with Crippen molar-refractivity contribution in [2.45, 2.75) is 45.1 Å². The van der Waals surface area contributed by atoms with E-state index in [1.165, 1.54) is 32.1 Å². The minimum Gasteiger partial charge on any atom is -0.342 e. The number of nitrogens with two attached hydrogens (primary N) is 1. The lowest BCUT2D eigenvalue weighted by Gasteiger charge is -2.40. The molecule has 104 valence electrons. The lowest BCUT2D eigenvalue weighted by molar-refractivity contribution is -0.132. The van der Waals surface area contributed by atoms with E-state index in [2.05, 4.69) is 11.8 Å². The molecule has 0 aromatic rings. The van der Waals surface area contributed by atoms with Crippen LogP contribution in [0.25, 0.3) is 0 Å². The first kappa shape index (κ1) is 13.8. The first-order chi connectivity index (χ1) is 8.76. The highest BCUT2D eigenvalue weighted by molar-refractivity contribution is 5.78.